The minimum Gasteiger partial charge on any atom is -0.479 e. The number of carbonyl (C=O) groups is 2. The fourth-order valence-electron chi connectivity index (χ4n) is 3.68. The van der Waals surface area contributed by atoms with Crippen LogP contribution in [0.1, 0.15) is 38.2 Å². The molecule has 2 atom stereocenters. The van der Waals surface area contributed by atoms with E-state index >= 15 is 0 Å². The number of rotatable bonds is 4. The molecule has 8 nitrogen and oxygen atoms in total. The van der Waals surface area contributed by atoms with E-state index in [0.717, 1.165) is 12.8 Å². The number of amides is 2. The molecule has 1 aromatic rings. The van der Waals surface area contributed by atoms with Crippen LogP contribution in [0, 0.1) is 12.8 Å². The normalized spacial score (nSPS) is 25.4. The molecule has 28 heavy (non-hydrogen) atoms. The fraction of sp³-hybridized carbons (Fsp3) is 0.579. The van der Waals surface area contributed by atoms with Crippen LogP contribution in [0.4, 0.5) is 5.69 Å². The highest BCUT2D eigenvalue weighted by molar-refractivity contribution is 7.89. The lowest BCUT2D eigenvalue weighted by atomic mass is 9.99. The second-order valence-electron chi connectivity index (χ2n) is 7.85. The van der Waals surface area contributed by atoms with Crippen LogP contribution < -0.4 is 15.4 Å². The summed E-state index contributed by atoms with van der Waals surface area (Å²) in [7, 11) is -3.78. The maximum absolute atomic E-state index is 13.3. The van der Waals surface area contributed by atoms with Crippen molar-refractivity contribution in [3.63, 3.8) is 0 Å². The molecule has 1 aliphatic carbocycles. The summed E-state index contributed by atoms with van der Waals surface area (Å²) in [5.74, 6) is -0.290. The zero-order chi connectivity index (χ0) is 20.1. The number of aryl methyl sites for hydroxylation is 1. The number of nitrogens with one attached hydrogen (secondary N) is 2. The van der Waals surface area contributed by atoms with Gasteiger partial charge < -0.3 is 15.4 Å². The van der Waals surface area contributed by atoms with E-state index < -0.39 is 16.1 Å². The summed E-state index contributed by atoms with van der Waals surface area (Å²) in [6, 6.07) is 3.36. The molecule has 1 saturated carbocycles. The third-order valence-electron chi connectivity index (χ3n) is 5.50. The molecule has 2 N–H and O–H groups in total. The van der Waals surface area contributed by atoms with Crippen LogP contribution in [-0.2, 0) is 19.6 Å². The Bertz CT molecular complexity index is 926. The zero-order valence-electron chi connectivity index (χ0n) is 16.0. The molecular weight excluding hydrogens is 382 g/mol. The number of sulfonamides is 1. The second-order valence-corrected chi connectivity index (χ2v) is 9.75. The molecule has 2 heterocycles. The van der Waals surface area contributed by atoms with Gasteiger partial charge in [-0.1, -0.05) is 0 Å². The summed E-state index contributed by atoms with van der Waals surface area (Å²) in [6.07, 6.45) is 2.67. The average Bonchev–Trinajstić information content (AvgIpc) is 3.46. The molecular formula is C19H25N3O5S. The highest BCUT2D eigenvalue weighted by Crippen LogP contribution is 2.36. The van der Waals surface area contributed by atoms with Crippen LogP contribution in [0.3, 0.4) is 0 Å². The monoisotopic (exact) mass is 407 g/mol. The van der Waals surface area contributed by atoms with Gasteiger partial charge in [-0.25, -0.2) is 8.42 Å². The first-order chi connectivity index (χ1) is 13.3. The number of fused-ring (bicyclic) bond motifs is 1. The van der Waals surface area contributed by atoms with E-state index in [-0.39, 0.29) is 35.2 Å². The Balaban J connectivity index is 1.58. The largest absolute Gasteiger partial charge is 0.479 e. The smallest absolute Gasteiger partial charge is 0.265 e. The van der Waals surface area contributed by atoms with Crippen LogP contribution in [0.2, 0.25) is 0 Å². The maximum Gasteiger partial charge on any atom is 0.265 e. The van der Waals surface area contributed by atoms with Gasteiger partial charge in [-0.2, -0.15) is 4.31 Å². The lowest BCUT2D eigenvalue weighted by Crippen LogP contribution is -2.46. The fourth-order valence-corrected chi connectivity index (χ4v) is 5.43. The van der Waals surface area contributed by atoms with Gasteiger partial charge in [0.25, 0.3) is 5.91 Å². The van der Waals surface area contributed by atoms with Gasteiger partial charge in [0.15, 0.2) is 6.10 Å². The number of nitrogens with zero attached hydrogens (tertiary/aromatic N) is 1. The predicted molar refractivity (Wildman–Crippen MR) is 103 cm³/mol. The first-order valence-corrected chi connectivity index (χ1v) is 11.1. The number of hydrogen-bond donors (Lipinski definition) is 2. The number of anilines is 1. The van der Waals surface area contributed by atoms with Gasteiger partial charge in [0.1, 0.15) is 5.75 Å². The van der Waals surface area contributed by atoms with Crippen molar-refractivity contribution in [2.75, 3.05) is 18.4 Å². The lowest BCUT2D eigenvalue weighted by Gasteiger charge is -2.32. The first kappa shape index (κ1) is 19.2. The molecule has 2 aliphatic heterocycles. The molecule has 0 bridgehead atoms. The maximum atomic E-state index is 13.3. The third kappa shape index (κ3) is 3.60. The number of hydrogen-bond acceptors (Lipinski definition) is 5. The van der Waals surface area contributed by atoms with E-state index in [1.54, 1.807) is 19.9 Å². The third-order valence-corrected chi connectivity index (χ3v) is 7.51. The molecule has 1 saturated heterocycles. The van der Waals surface area contributed by atoms with Gasteiger partial charge in [-0.05, 0) is 51.2 Å². The van der Waals surface area contributed by atoms with Gasteiger partial charge in [0, 0.05) is 25.2 Å². The van der Waals surface area contributed by atoms with Gasteiger partial charge >= 0.3 is 0 Å². The van der Waals surface area contributed by atoms with E-state index in [4.69, 9.17) is 4.74 Å². The van der Waals surface area contributed by atoms with Crippen molar-refractivity contribution in [3.8, 4) is 5.75 Å². The Hall–Kier alpha value is -2.13. The number of ether oxygens (including phenoxy) is 1. The number of benzene rings is 1. The molecule has 152 valence electrons. The highest BCUT2D eigenvalue weighted by atomic mass is 32.2. The molecule has 3 aliphatic rings. The molecule has 9 heteroatoms. The minimum atomic E-state index is -3.78. The summed E-state index contributed by atoms with van der Waals surface area (Å²) < 4.78 is 33.6. The Kier molecular flexibility index (Phi) is 4.83. The van der Waals surface area contributed by atoms with Crippen LogP contribution in [0.15, 0.2) is 17.0 Å². The SMILES string of the molecule is Cc1cc2c(cc1S(=O)(=O)N1CCC[C@H](C(=O)NC3CC3)C1)O[C@H](C)C(=O)N2. The van der Waals surface area contributed by atoms with Crippen molar-refractivity contribution < 1.29 is 22.7 Å². The highest BCUT2D eigenvalue weighted by Gasteiger charge is 2.36. The molecule has 2 amide bonds. The second kappa shape index (κ2) is 7.04. The van der Waals surface area contributed by atoms with E-state index in [2.05, 4.69) is 10.6 Å². The molecule has 0 radical (unpaired) electrons. The van der Waals surface area contributed by atoms with Gasteiger partial charge in [0.05, 0.1) is 16.5 Å². The van der Waals surface area contributed by atoms with E-state index in [1.807, 2.05) is 0 Å². The van der Waals surface area contributed by atoms with E-state index in [1.165, 1.54) is 10.4 Å². The van der Waals surface area contributed by atoms with Crippen molar-refractivity contribution in [1.29, 1.82) is 0 Å². The van der Waals surface area contributed by atoms with Gasteiger partial charge in [-0.3, -0.25) is 9.59 Å². The predicted octanol–water partition coefficient (Wildman–Crippen LogP) is 1.39. The van der Waals surface area contributed by atoms with Crippen LogP contribution in [0.5, 0.6) is 5.75 Å². The van der Waals surface area contributed by atoms with Crippen molar-refractivity contribution in [2.45, 2.75) is 56.6 Å². The van der Waals surface area contributed by atoms with Crippen LogP contribution in [0.25, 0.3) is 0 Å². The van der Waals surface area contributed by atoms with Crippen molar-refractivity contribution >= 4 is 27.5 Å². The minimum absolute atomic E-state index is 0.0515. The topological polar surface area (TPSA) is 105 Å². The van der Waals surface area contributed by atoms with Crippen molar-refractivity contribution in [3.05, 3.63) is 17.7 Å². The summed E-state index contributed by atoms with van der Waals surface area (Å²) in [5.41, 5.74) is 1.00. The molecule has 4 rings (SSSR count). The molecule has 1 aromatic carbocycles. The summed E-state index contributed by atoms with van der Waals surface area (Å²) >= 11 is 0. The standard InChI is InChI=1S/C19H25N3O5S/c1-11-8-15-16(27-12(2)18(23)21-15)9-17(11)28(25,26)22-7-3-4-13(10-22)19(24)20-14-5-6-14/h8-9,12-14H,3-7,10H2,1-2H3,(H,20,24)(H,21,23)/t12-,13+/m1/s1. The lowest BCUT2D eigenvalue weighted by molar-refractivity contribution is -0.126. The number of piperidine rings is 1. The molecule has 2 fully saturated rings. The van der Waals surface area contributed by atoms with Gasteiger partial charge in [-0.15, -0.1) is 0 Å². The van der Waals surface area contributed by atoms with Crippen molar-refractivity contribution in [2.24, 2.45) is 5.92 Å². The zero-order valence-corrected chi connectivity index (χ0v) is 16.8. The summed E-state index contributed by atoms with van der Waals surface area (Å²) in [6.45, 7) is 3.88. The van der Waals surface area contributed by atoms with Crippen LogP contribution in [-0.4, -0.2) is 49.8 Å². The Labute approximate surface area is 164 Å². The molecule has 0 spiro atoms. The quantitative estimate of drug-likeness (QED) is 0.785. The van der Waals surface area contributed by atoms with Gasteiger partial charge in [0.2, 0.25) is 15.9 Å². The number of carbonyl (C=O) groups excluding carboxylic acids is 2. The van der Waals surface area contributed by atoms with E-state index in [9.17, 15) is 18.0 Å². The summed E-state index contributed by atoms with van der Waals surface area (Å²) in [4.78, 5) is 24.3. The summed E-state index contributed by atoms with van der Waals surface area (Å²) in [5, 5.41) is 5.71. The average molecular weight is 407 g/mol. The van der Waals surface area contributed by atoms with Crippen LogP contribution >= 0.6 is 0 Å². The molecule has 0 aromatic heterocycles. The first-order valence-electron chi connectivity index (χ1n) is 9.68. The Morgan fingerprint density at radius 2 is 2.04 bits per heavy atom. The molecule has 0 unspecified atom stereocenters. The Morgan fingerprint density at radius 3 is 2.75 bits per heavy atom. The Morgan fingerprint density at radius 1 is 1.29 bits per heavy atom. The van der Waals surface area contributed by atoms with Crippen molar-refractivity contribution in [1.82, 2.24) is 9.62 Å². The van der Waals surface area contributed by atoms with E-state index in [0.29, 0.717) is 36.4 Å².